The summed E-state index contributed by atoms with van der Waals surface area (Å²) in [5.74, 6) is 0.0676. The third-order valence-electron chi connectivity index (χ3n) is 9.18. The fourth-order valence-electron chi connectivity index (χ4n) is 6.65. The van der Waals surface area contributed by atoms with Crippen LogP contribution in [0.3, 0.4) is 0 Å². The van der Waals surface area contributed by atoms with E-state index in [0.717, 1.165) is 54.6 Å². The van der Waals surface area contributed by atoms with Crippen LogP contribution in [-0.2, 0) is 16.1 Å². The minimum atomic E-state index is -1.03. The number of thioether (sulfide) groups is 1. The Balaban J connectivity index is 1.61. The molecule has 4 rings (SSSR count). The quantitative estimate of drug-likeness (QED) is 0.275. The number of aliphatic carboxylic acids is 1. The van der Waals surface area contributed by atoms with Gasteiger partial charge in [0.2, 0.25) is 5.91 Å². The predicted octanol–water partition coefficient (Wildman–Crippen LogP) is 6.38. The number of hydrogen-bond acceptors (Lipinski definition) is 5. The van der Waals surface area contributed by atoms with Crippen LogP contribution < -0.4 is 5.32 Å². The number of likely N-dealkylation sites (tertiary alicyclic amines) is 1. The van der Waals surface area contributed by atoms with Crippen LogP contribution in [0.25, 0.3) is 11.1 Å². The second-order valence-corrected chi connectivity index (χ2v) is 13.4. The van der Waals surface area contributed by atoms with Crippen molar-refractivity contribution in [3.8, 4) is 11.1 Å². The van der Waals surface area contributed by atoms with Crippen molar-refractivity contribution in [3.05, 3.63) is 59.2 Å². The number of likely N-dealkylation sites (N-methyl/N-ethyl adjacent to an activating group) is 1. The van der Waals surface area contributed by atoms with Crippen molar-refractivity contribution >= 4 is 29.5 Å². The maximum Gasteiger partial charge on any atom is 0.326 e. The van der Waals surface area contributed by atoms with Crippen LogP contribution in [0.2, 0.25) is 0 Å². The normalized spacial score (nSPS) is 17.4. The molecule has 2 N–H and O–H groups in total. The summed E-state index contributed by atoms with van der Waals surface area (Å²) >= 11 is 1.56. The topological polar surface area (TPSA) is 90.0 Å². The first-order valence-corrected chi connectivity index (χ1v) is 17.4. The monoisotopic (exact) mass is 607 g/mol. The summed E-state index contributed by atoms with van der Waals surface area (Å²) in [7, 11) is 2.06. The van der Waals surface area contributed by atoms with Crippen LogP contribution in [0, 0.1) is 12.8 Å². The zero-order valence-electron chi connectivity index (χ0n) is 26.1. The molecule has 43 heavy (non-hydrogen) atoms. The van der Waals surface area contributed by atoms with Crippen LogP contribution in [0.5, 0.6) is 0 Å². The van der Waals surface area contributed by atoms with Gasteiger partial charge in [0, 0.05) is 25.2 Å². The van der Waals surface area contributed by atoms with E-state index in [1.54, 1.807) is 11.8 Å². The Bertz CT molecular complexity index is 1240. The summed E-state index contributed by atoms with van der Waals surface area (Å²) in [6, 6.07) is 12.7. The molecule has 2 aromatic carbocycles. The standard InChI is InChI=1S/C35H49N3O4S/c1-25-12-8-9-15-28(25)30-22-27(16-17-29(30)33(39)36-31(35(41)42)18-21-43-3)24-37(2)32(23-26-13-6-4-7-14-26)34(40)38-19-10-5-11-20-38/h8-9,12,15-17,22,26,31-32H,4-7,10-11,13-14,18-21,23-24H2,1-3H3,(H,36,39)(H,41,42)/t31-,32?/m0/s1. The number of rotatable bonds is 13. The van der Waals surface area contributed by atoms with Gasteiger partial charge in [-0.2, -0.15) is 11.8 Å². The fourth-order valence-corrected chi connectivity index (χ4v) is 7.12. The third kappa shape index (κ3) is 9.08. The van der Waals surface area contributed by atoms with Crippen molar-refractivity contribution in [1.82, 2.24) is 15.1 Å². The van der Waals surface area contributed by atoms with Crippen molar-refractivity contribution in [3.63, 3.8) is 0 Å². The molecule has 0 aromatic heterocycles. The molecule has 8 heteroatoms. The third-order valence-corrected chi connectivity index (χ3v) is 9.82. The Morgan fingerprint density at radius 1 is 1.00 bits per heavy atom. The molecule has 2 aromatic rings. The van der Waals surface area contributed by atoms with Gasteiger partial charge in [-0.25, -0.2) is 4.79 Å². The van der Waals surface area contributed by atoms with E-state index in [0.29, 0.717) is 30.2 Å². The van der Waals surface area contributed by atoms with Gasteiger partial charge in [-0.3, -0.25) is 14.5 Å². The average Bonchev–Trinajstić information content (AvgIpc) is 3.02. The molecule has 1 saturated carbocycles. The van der Waals surface area contributed by atoms with Gasteiger partial charge in [0.15, 0.2) is 0 Å². The Labute approximate surface area is 261 Å². The molecule has 7 nitrogen and oxygen atoms in total. The minimum Gasteiger partial charge on any atom is -0.480 e. The molecule has 1 aliphatic carbocycles. The number of nitrogens with zero attached hydrogens (tertiary/aromatic N) is 2. The smallest absolute Gasteiger partial charge is 0.326 e. The van der Waals surface area contributed by atoms with Crippen LogP contribution >= 0.6 is 11.8 Å². The predicted molar refractivity (Wildman–Crippen MR) is 175 cm³/mol. The Kier molecular flexibility index (Phi) is 12.5. The molecule has 2 aliphatic rings. The highest BCUT2D eigenvalue weighted by Crippen LogP contribution is 2.32. The molecule has 0 bridgehead atoms. The van der Waals surface area contributed by atoms with Crippen molar-refractivity contribution in [2.45, 2.75) is 89.8 Å². The van der Waals surface area contributed by atoms with E-state index in [1.807, 2.05) is 49.6 Å². The lowest BCUT2D eigenvalue weighted by Crippen LogP contribution is -2.49. The molecular formula is C35H49N3O4S. The van der Waals surface area contributed by atoms with E-state index < -0.39 is 12.0 Å². The molecule has 1 aliphatic heterocycles. The number of benzene rings is 2. The molecule has 234 valence electrons. The highest BCUT2D eigenvalue weighted by molar-refractivity contribution is 7.98. The fraction of sp³-hybridized carbons (Fsp3) is 0.571. The Morgan fingerprint density at radius 3 is 2.37 bits per heavy atom. The van der Waals surface area contributed by atoms with Crippen molar-refractivity contribution in [1.29, 1.82) is 0 Å². The van der Waals surface area contributed by atoms with E-state index in [1.165, 1.54) is 38.5 Å². The molecule has 2 amide bonds. The minimum absolute atomic E-state index is 0.168. The summed E-state index contributed by atoms with van der Waals surface area (Å²) < 4.78 is 0. The van der Waals surface area contributed by atoms with Gasteiger partial charge in [0.1, 0.15) is 6.04 Å². The van der Waals surface area contributed by atoms with Gasteiger partial charge in [0.25, 0.3) is 5.91 Å². The number of piperidine rings is 1. The highest BCUT2D eigenvalue weighted by Gasteiger charge is 2.32. The molecule has 0 radical (unpaired) electrons. The van der Waals surface area contributed by atoms with E-state index >= 15 is 0 Å². The van der Waals surface area contributed by atoms with Gasteiger partial charge in [-0.1, -0.05) is 62.4 Å². The lowest BCUT2D eigenvalue weighted by Gasteiger charge is -2.37. The van der Waals surface area contributed by atoms with Crippen LogP contribution in [0.1, 0.15) is 85.7 Å². The van der Waals surface area contributed by atoms with Gasteiger partial charge >= 0.3 is 5.97 Å². The molecule has 1 unspecified atom stereocenters. The summed E-state index contributed by atoms with van der Waals surface area (Å²) in [4.78, 5) is 43.6. The van der Waals surface area contributed by atoms with Gasteiger partial charge in [-0.15, -0.1) is 0 Å². The highest BCUT2D eigenvalue weighted by atomic mass is 32.2. The molecular weight excluding hydrogens is 558 g/mol. The number of carbonyl (C=O) groups excluding carboxylic acids is 2. The second kappa shape index (κ2) is 16.3. The number of nitrogens with one attached hydrogen (secondary N) is 1. The van der Waals surface area contributed by atoms with Gasteiger partial charge in [0.05, 0.1) is 6.04 Å². The number of amides is 2. The van der Waals surface area contributed by atoms with Crippen molar-refractivity contribution in [2.75, 3.05) is 32.1 Å². The van der Waals surface area contributed by atoms with Gasteiger partial charge in [-0.05, 0) is 98.4 Å². The number of aryl methyl sites for hydroxylation is 1. The maximum atomic E-state index is 13.9. The zero-order valence-corrected chi connectivity index (χ0v) is 27.0. The molecule has 2 atom stereocenters. The average molecular weight is 608 g/mol. The van der Waals surface area contributed by atoms with Crippen LogP contribution in [0.4, 0.5) is 0 Å². The molecule has 0 spiro atoms. The van der Waals surface area contributed by atoms with Crippen LogP contribution in [0.15, 0.2) is 42.5 Å². The van der Waals surface area contributed by atoms with E-state index in [9.17, 15) is 19.5 Å². The number of carboxylic acid groups (broad SMARTS) is 1. The summed E-state index contributed by atoms with van der Waals surface area (Å²) in [6.45, 7) is 4.31. The number of hydrogen-bond donors (Lipinski definition) is 2. The summed E-state index contributed by atoms with van der Waals surface area (Å²) in [5.41, 5.74) is 4.24. The zero-order chi connectivity index (χ0) is 30.8. The number of carbonyl (C=O) groups is 3. The van der Waals surface area contributed by atoms with Crippen molar-refractivity contribution < 1.29 is 19.5 Å². The Morgan fingerprint density at radius 2 is 1.70 bits per heavy atom. The lowest BCUT2D eigenvalue weighted by molar-refractivity contribution is -0.139. The molecule has 1 saturated heterocycles. The summed E-state index contributed by atoms with van der Waals surface area (Å²) in [5, 5.41) is 12.5. The SMILES string of the molecule is CSCC[C@H](NC(=O)c1ccc(CN(C)C(CC2CCCCC2)C(=O)N2CCCCC2)cc1-c1ccccc1C)C(=O)O. The van der Waals surface area contributed by atoms with Crippen molar-refractivity contribution in [2.24, 2.45) is 5.92 Å². The van der Waals surface area contributed by atoms with E-state index in [-0.39, 0.29) is 17.9 Å². The first-order chi connectivity index (χ1) is 20.8. The van der Waals surface area contributed by atoms with E-state index in [2.05, 4.69) is 28.2 Å². The summed E-state index contributed by atoms with van der Waals surface area (Å²) in [6.07, 6.45) is 12.7. The maximum absolute atomic E-state index is 13.9. The second-order valence-electron chi connectivity index (χ2n) is 12.4. The first kappa shape index (κ1) is 33.1. The van der Waals surface area contributed by atoms with Crippen LogP contribution in [-0.4, -0.2) is 76.9 Å². The Hall–Kier alpha value is -2.84. The van der Waals surface area contributed by atoms with Gasteiger partial charge < -0.3 is 15.3 Å². The number of carboxylic acids is 1. The lowest BCUT2D eigenvalue weighted by atomic mass is 9.84. The largest absolute Gasteiger partial charge is 0.480 e. The first-order valence-electron chi connectivity index (χ1n) is 16.0. The molecule has 2 fully saturated rings. The molecule has 1 heterocycles. The van der Waals surface area contributed by atoms with E-state index in [4.69, 9.17) is 0 Å².